The maximum atomic E-state index is 12.3. The molecule has 0 fully saturated rings. The number of urea groups is 1. The third-order valence-electron chi connectivity index (χ3n) is 2.96. The fraction of sp³-hybridized carbons (Fsp3) is 0.500. The van der Waals surface area contributed by atoms with Gasteiger partial charge in [0.15, 0.2) is 0 Å². The first-order valence-corrected chi connectivity index (χ1v) is 7.62. The van der Waals surface area contributed by atoms with Crippen LogP contribution in [0.3, 0.4) is 0 Å². The number of hydrogen-bond donors (Lipinski definition) is 4. The van der Waals surface area contributed by atoms with Crippen molar-refractivity contribution in [2.75, 3.05) is 18.4 Å². The Morgan fingerprint density at radius 2 is 1.82 bits per heavy atom. The molecule has 0 unspecified atom stereocenters. The number of anilines is 1. The summed E-state index contributed by atoms with van der Waals surface area (Å²) < 4.78 is 0. The van der Waals surface area contributed by atoms with Crippen LogP contribution in [-0.2, 0) is 0 Å². The normalized spacial score (nSPS) is 11.9. The van der Waals surface area contributed by atoms with Gasteiger partial charge in [-0.2, -0.15) is 0 Å². The van der Waals surface area contributed by atoms with Gasteiger partial charge in [-0.05, 0) is 39.4 Å². The van der Waals surface area contributed by atoms with Crippen molar-refractivity contribution < 1.29 is 9.59 Å². The van der Waals surface area contributed by atoms with Crippen molar-refractivity contribution in [3.05, 3.63) is 29.8 Å². The highest BCUT2D eigenvalue weighted by Crippen LogP contribution is 2.14. The van der Waals surface area contributed by atoms with Crippen LogP contribution in [0.1, 0.15) is 38.1 Å². The standard InChI is InChI=1S/C16H26N4O2/c1-5-17-12(4)10-18-15(21)13-8-6-7-9-14(13)20-16(22)19-11(2)3/h6-9,11-12,17H,5,10H2,1-4H3,(H,18,21)(H2,19,20,22)/t12-/m1/s1. The van der Waals surface area contributed by atoms with E-state index in [1.165, 1.54) is 0 Å². The molecule has 0 aliphatic carbocycles. The summed E-state index contributed by atoms with van der Waals surface area (Å²) in [5.41, 5.74) is 0.944. The molecule has 4 N–H and O–H groups in total. The number of nitrogens with one attached hydrogen (secondary N) is 4. The molecule has 1 aromatic rings. The summed E-state index contributed by atoms with van der Waals surface area (Å²) in [6, 6.07) is 6.86. The fourth-order valence-electron chi connectivity index (χ4n) is 1.97. The molecule has 0 bridgehead atoms. The summed E-state index contributed by atoms with van der Waals surface area (Å²) in [6.45, 7) is 9.15. The fourth-order valence-corrected chi connectivity index (χ4v) is 1.97. The SMILES string of the molecule is CCN[C@H](C)CNC(=O)c1ccccc1NC(=O)NC(C)C. The van der Waals surface area contributed by atoms with E-state index < -0.39 is 0 Å². The van der Waals surface area contributed by atoms with Gasteiger partial charge in [-0.1, -0.05) is 19.1 Å². The Bertz CT molecular complexity index is 503. The highest BCUT2D eigenvalue weighted by atomic mass is 16.2. The van der Waals surface area contributed by atoms with Gasteiger partial charge in [-0.25, -0.2) is 4.79 Å². The Kier molecular flexibility index (Phi) is 7.39. The minimum atomic E-state index is -0.323. The molecule has 3 amide bonds. The van der Waals surface area contributed by atoms with E-state index in [-0.39, 0.29) is 24.0 Å². The van der Waals surface area contributed by atoms with Gasteiger partial charge < -0.3 is 21.3 Å². The highest BCUT2D eigenvalue weighted by Gasteiger charge is 2.13. The van der Waals surface area contributed by atoms with Crippen molar-refractivity contribution in [1.82, 2.24) is 16.0 Å². The topological polar surface area (TPSA) is 82.3 Å². The zero-order valence-electron chi connectivity index (χ0n) is 13.7. The Balaban J connectivity index is 2.70. The lowest BCUT2D eigenvalue weighted by molar-refractivity contribution is 0.0951. The highest BCUT2D eigenvalue weighted by molar-refractivity contribution is 6.03. The zero-order valence-corrected chi connectivity index (χ0v) is 13.7. The summed E-state index contributed by atoms with van der Waals surface area (Å²) in [6.07, 6.45) is 0. The number of likely N-dealkylation sites (N-methyl/N-ethyl adjacent to an activating group) is 1. The number of carbonyl (C=O) groups is 2. The van der Waals surface area contributed by atoms with Crippen molar-refractivity contribution in [3.63, 3.8) is 0 Å². The van der Waals surface area contributed by atoms with Crippen LogP contribution in [0.5, 0.6) is 0 Å². The van der Waals surface area contributed by atoms with E-state index >= 15 is 0 Å². The molecule has 0 saturated heterocycles. The van der Waals surface area contributed by atoms with Crippen LogP contribution in [0.15, 0.2) is 24.3 Å². The second-order valence-corrected chi connectivity index (χ2v) is 5.47. The lowest BCUT2D eigenvalue weighted by Crippen LogP contribution is -2.39. The molecule has 0 aliphatic heterocycles. The molecule has 1 atom stereocenters. The van der Waals surface area contributed by atoms with E-state index in [4.69, 9.17) is 0 Å². The Labute approximate surface area is 132 Å². The smallest absolute Gasteiger partial charge is 0.319 e. The average molecular weight is 306 g/mol. The number of carbonyl (C=O) groups excluding carboxylic acids is 2. The Morgan fingerprint density at radius 1 is 1.14 bits per heavy atom. The number of amides is 3. The van der Waals surface area contributed by atoms with Crippen LogP contribution in [-0.4, -0.2) is 37.1 Å². The van der Waals surface area contributed by atoms with Crippen molar-refractivity contribution in [2.45, 2.75) is 39.8 Å². The monoisotopic (exact) mass is 306 g/mol. The zero-order chi connectivity index (χ0) is 16.5. The Hall–Kier alpha value is -2.08. The summed E-state index contributed by atoms with van der Waals surface area (Å²) >= 11 is 0. The van der Waals surface area contributed by atoms with E-state index in [0.29, 0.717) is 17.8 Å². The largest absolute Gasteiger partial charge is 0.350 e. The van der Waals surface area contributed by atoms with Crippen molar-refractivity contribution >= 4 is 17.6 Å². The van der Waals surface area contributed by atoms with Gasteiger partial charge in [0.25, 0.3) is 5.91 Å². The predicted molar refractivity (Wildman–Crippen MR) is 89.2 cm³/mol. The molecule has 0 heterocycles. The molecule has 122 valence electrons. The summed E-state index contributed by atoms with van der Waals surface area (Å²) in [5, 5.41) is 11.5. The molecular weight excluding hydrogens is 280 g/mol. The molecule has 6 heteroatoms. The number of hydrogen-bond acceptors (Lipinski definition) is 3. The first-order valence-electron chi connectivity index (χ1n) is 7.62. The minimum absolute atomic E-state index is 0.0296. The summed E-state index contributed by atoms with van der Waals surface area (Å²) in [7, 11) is 0. The third kappa shape index (κ3) is 6.13. The van der Waals surface area contributed by atoms with Crippen molar-refractivity contribution in [3.8, 4) is 0 Å². The number of para-hydroxylation sites is 1. The molecule has 6 nitrogen and oxygen atoms in total. The average Bonchev–Trinajstić information content (AvgIpc) is 2.44. The lowest BCUT2D eigenvalue weighted by atomic mass is 10.1. The molecule has 1 rings (SSSR count). The minimum Gasteiger partial charge on any atom is -0.350 e. The van der Waals surface area contributed by atoms with E-state index in [0.717, 1.165) is 6.54 Å². The molecule has 0 spiro atoms. The van der Waals surface area contributed by atoms with Gasteiger partial charge in [0.05, 0.1) is 11.3 Å². The first-order chi connectivity index (χ1) is 10.4. The maximum Gasteiger partial charge on any atom is 0.319 e. The lowest BCUT2D eigenvalue weighted by Gasteiger charge is -2.16. The van der Waals surface area contributed by atoms with Crippen LogP contribution in [0.4, 0.5) is 10.5 Å². The summed E-state index contributed by atoms with van der Waals surface area (Å²) in [4.78, 5) is 24.1. The van der Waals surface area contributed by atoms with Crippen LogP contribution in [0.25, 0.3) is 0 Å². The molecule has 0 radical (unpaired) electrons. The second kappa shape index (κ2) is 9.04. The van der Waals surface area contributed by atoms with Crippen LogP contribution in [0.2, 0.25) is 0 Å². The quantitative estimate of drug-likeness (QED) is 0.621. The van der Waals surface area contributed by atoms with Crippen molar-refractivity contribution in [1.29, 1.82) is 0 Å². The maximum absolute atomic E-state index is 12.3. The van der Waals surface area contributed by atoms with Gasteiger partial charge in [0.2, 0.25) is 0 Å². The van der Waals surface area contributed by atoms with E-state index in [1.807, 2.05) is 27.7 Å². The molecule has 0 aromatic heterocycles. The first kappa shape index (κ1) is 18.0. The van der Waals surface area contributed by atoms with Gasteiger partial charge in [0, 0.05) is 18.6 Å². The van der Waals surface area contributed by atoms with Gasteiger partial charge in [0.1, 0.15) is 0 Å². The van der Waals surface area contributed by atoms with Gasteiger partial charge in [-0.3, -0.25) is 4.79 Å². The molecule has 0 saturated carbocycles. The van der Waals surface area contributed by atoms with Gasteiger partial charge >= 0.3 is 6.03 Å². The Morgan fingerprint density at radius 3 is 2.45 bits per heavy atom. The van der Waals surface area contributed by atoms with Crippen LogP contribution in [0, 0.1) is 0 Å². The van der Waals surface area contributed by atoms with E-state index in [2.05, 4.69) is 21.3 Å². The predicted octanol–water partition coefficient (Wildman–Crippen LogP) is 1.94. The summed E-state index contributed by atoms with van der Waals surface area (Å²) in [5.74, 6) is -0.204. The van der Waals surface area contributed by atoms with Gasteiger partial charge in [-0.15, -0.1) is 0 Å². The molecule has 0 aliphatic rings. The van der Waals surface area contributed by atoms with Crippen molar-refractivity contribution in [2.24, 2.45) is 0 Å². The van der Waals surface area contributed by atoms with E-state index in [9.17, 15) is 9.59 Å². The second-order valence-electron chi connectivity index (χ2n) is 5.47. The molecule has 1 aromatic carbocycles. The number of benzene rings is 1. The molecule has 22 heavy (non-hydrogen) atoms. The van der Waals surface area contributed by atoms with Crippen LogP contribution < -0.4 is 21.3 Å². The van der Waals surface area contributed by atoms with E-state index in [1.54, 1.807) is 24.3 Å². The molecular formula is C16H26N4O2. The third-order valence-corrected chi connectivity index (χ3v) is 2.96. The van der Waals surface area contributed by atoms with Crippen LogP contribution >= 0.6 is 0 Å². The number of rotatable bonds is 7.